The maximum Gasteiger partial charge on any atom is 0.242 e. The molecule has 0 radical (unpaired) electrons. The van der Waals surface area contributed by atoms with Crippen LogP contribution in [0.15, 0.2) is 29.2 Å². The van der Waals surface area contributed by atoms with Gasteiger partial charge in [0.05, 0.1) is 11.8 Å². The predicted octanol–water partition coefficient (Wildman–Crippen LogP) is 0.675. The standard InChI is InChI=1S/C12H19N3O3S/c1-9-10(6-7-18-9)8-14-19(16,17)12-5-3-2-4-11(12)15-13/h2-5,9-10,14-15H,6-8,13H2,1H3. The molecule has 4 N–H and O–H groups in total. The molecule has 0 bridgehead atoms. The number of sulfonamides is 1. The van der Waals surface area contributed by atoms with Crippen LogP contribution in [0.4, 0.5) is 5.69 Å². The second-order valence-electron chi connectivity index (χ2n) is 4.62. The summed E-state index contributed by atoms with van der Waals surface area (Å²) in [5.74, 6) is 5.54. The average molecular weight is 285 g/mol. The van der Waals surface area contributed by atoms with E-state index >= 15 is 0 Å². The summed E-state index contributed by atoms with van der Waals surface area (Å²) in [6.45, 7) is 3.03. The highest BCUT2D eigenvalue weighted by molar-refractivity contribution is 7.89. The van der Waals surface area contributed by atoms with Gasteiger partial charge in [0, 0.05) is 19.1 Å². The minimum absolute atomic E-state index is 0.0885. The minimum Gasteiger partial charge on any atom is -0.378 e. The van der Waals surface area contributed by atoms with Crippen LogP contribution in [0.2, 0.25) is 0 Å². The van der Waals surface area contributed by atoms with Gasteiger partial charge in [-0.2, -0.15) is 0 Å². The molecule has 0 saturated carbocycles. The number of anilines is 1. The molecular formula is C12H19N3O3S. The van der Waals surface area contributed by atoms with Crippen LogP contribution in [0.1, 0.15) is 13.3 Å². The fourth-order valence-electron chi connectivity index (χ4n) is 2.16. The normalized spacial score (nSPS) is 23.5. The van der Waals surface area contributed by atoms with E-state index in [9.17, 15) is 8.42 Å². The monoisotopic (exact) mass is 285 g/mol. The van der Waals surface area contributed by atoms with Crippen LogP contribution in [-0.2, 0) is 14.8 Å². The molecule has 1 heterocycles. The number of para-hydroxylation sites is 1. The number of hydrogen-bond acceptors (Lipinski definition) is 5. The molecular weight excluding hydrogens is 266 g/mol. The lowest BCUT2D eigenvalue weighted by Gasteiger charge is -2.16. The number of hydrogen-bond donors (Lipinski definition) is 3. The molecule has 0 amide bonds. The number of benzene rings is 1. The van der Waals surface area contributed by atoms with Gasteiger partial charge in [0.15, 0.2) is 0 Å². The van der Waals surface area contributed by atoms with Gasteiger partial charge in [-0.15, -0.1) is 0 Å². The van der Waals surface area contributed by atoms with E-state index in [1.54, 1.807) is 18.2 Å². The molecule has 1 saturated heterocycles. The van der Waals surface area contributed by atoms with Crippen LogP contribution < -0.4 is 16.0 Å². The maximum absolute atomic E-state index is 12.2. The highest BCUT2D eigenvalue weighted by Gasteiger charge is 2.26. The molecule has 106 valence electrons. The third-order valence-electron chi connectivity index (χ3n) is 3.40. The van der Waals surface area contributed by atoms with E-state index in [4.69, 9.17) is 10.6 Å². The average Bonchev–Trinajstić information content (AvgIpc) is 2.82. The Balaban J connectivity index is 2.09. The third kappa shape index (κ3) is 3.24. The lowest BCUT2D eigenvalue weighted by atomic mass is 10.0. The van der Waals surface area contributed by atoms with Gasteiger partial charge >= 0.3 is 0 Å². The number of hydrazine groups is 1. The van der Waals surface area contributed by atoms with E-state index in [1.165, 1.54) is 6.07 Å². The van der Waals surface area contributed by atoms with Gasteiger partial charge in [0.2, 0.25) is 10.0 Å². The molecule has 7 heteroatoms. The van der Waals surface area contributed by atoms with Crippen molar-refractivity contribution in [2.75, 3.05) is 18.6 Å². The molecule has 2 atom stereocenters. The zero-order valence-corrected chi connectivity index (χ0v) is 11.6. The first-order chi connectivity index (χ1) is 9.04. The summed E-state index contributed by atoms with van der Waals surface area (Å²) in [7, 11) is -3.56. The summed E-state index contributed by atoms with van der Waals surface area (Å²) in [5, 5.41) is 0. The predicted molar refractivity (Wildman–Crippen MR) is 73.0 cm³/mol. The van der Waals surface area contributed by atoms with Crippen molar-refractivity contribution in [3.05, 3.63) is 24.3 Å². The van der Waals surface area contributed by atoms with Crippen molar-refractivity contribution in [2.45, 2.75) is 24.3 Å². The zero-order valence-electron chi connectivity index (χ0n) is 10.8. The van der Waals surface area contributed by atoms with Crippen LogP contribution in [0.25, 0.3) is 0 Å². The van der Waals surface area contributed by atoms with E-state index < -0.39 is 10.0 Å². The fourth-order valence-corrected chi connectivity index (χ4v) is 3.42. The number of nitrogen functional groups attached to an aromatic ring is 1. The molecule has 2 rings (SSSR count). The first-order valence-electron chi connectivity index (χ1n) is 6.21. The third-order valence-corrected chi connectivity index (χ3v) is 4.88. The summed E-state index contributed by atoms with van der Waals surface area (Å²) in [5.41, 5.74) is 2.77. The Morgan fingerprint density at radius 2 is 2.16 bits per heavy atom. The van der Waals surface area contributed by atoms with Gasteiger partial charge in [0.25, 0.3) is 0 Å². The summed E-state index contributed by atoms with van der Waals surface area (Å²) in [4.78, 5) is 0.157. The van der Waals surface area contributed by atoms with Crippen molar-refractivity contribution in [3.8, 4) is 0 Å². The van der Waals surface area contributed by atoms with Crippen molar-refractivity contribution >= 4 is 15.7 Å². The molecule has 6 nitrogen and oxygen atoms in total. The van der Waals surface area contributed by atoms with Gasteiger partial charge in [-0.3, -0.25) is 5.84 Å². The summed E-state index contributed by atoms with van der Waals surface area (Å²) < 4.78 is 32.5. The number of ether oxygens (including phenoxy) is 1. The van der Waals surface area contributed by atoms with E-state index in [0.29, 0.717) is 18.8 Å². The zero-order chi connectivity index (χ0) is 13.9. The molecule has 1 aromatic carbocycles. The van der Waals surface area contributed by atoms with Crippen LogP contribution in [-0.4, -0.2) is 27.7 Å². The van der Waals surface area contributed by atoms with Crippen molar-refractivity contribution in [1.29, 1.82) is 0 Å². The number of nitrogens with two attached hydrogens (primary N) is 1. The second-order valence-corrected chi connectivity index (χ2v) is 6.35. The molecule has 2 unspecified atom stereocenters. The molecule has 0 spiro atoms. The van der Waals surface area contributed by atoms with Crippen LogP contribution in [0.3, 0.4) is 0 Å². The van der Waals surface area contributed by atoms with Crippen molar-refractivity contribution in [1.82, 2.24) is 4.72 Å². The number of nitrogens with one attached hydrogen (secondary N) is 2. The summed E-state index contributed by atoms with van der Waals surface area (Å²) in [6, 6.07) is 6.53. The van der Waals surface area contributed by atoms with Crippen molar-refractivity contribution < 1.29 is 13.2 Å². The highest BCUT2D eigenvalue weighted by atomic mass is 32.2. The Labute approximate surface area is 113 Å². The molecule has 1 fully saturated rings. The van der Waals surface area contributed by atoms with Gasteiger partial charge in [0.1, 0.15) is 4.90 Å². The smallest absolute Gasteiger partial charge is 0.242 e. The lowest BCUT2D eigenvalue weighted by molar-refractivity contribution is 0.107. The Bertz CT molecular complexity index is 533. The molecule has 1 aliphatic heterocycles. The maximum atomic E-state index is 12.2. The van der Waals surface area contributed by atoms with E-state index in [-0.39, 0.29) is 16.9 Å². The van der Waals surface area contributed by atoms with Crippen molar-refractivity contribution in [2.24, 2.45) is 11.8 Å². The summed E-state index contributed by atoms with van der Waals surface area (Å²) in [6.07, 6.45) is 0.964. The van der Waals surface area contributed by atoms with E-state index in [0.717, 1.165) is 6.42 Å². The van der Waals surface area contributed by atoms with Crippen molar-refractivity contribution in [3.63, 3.8) is 0 Å². The van der Waals surface area contributed by atoms with Crippen LogP contribution in [0.5, 0.6) is 0 Å². The Kier molecular flexibility index (Phi) is 4.41. The summed E-state index contributed by atoms with van der Waals surface area (Å²) >= 11 is 0. The van der Waals surface area contributed by atoms with Gasteiger partial charge in [-0.25, -0.2) is 13.1 Å². The first kappa shape index (κ1) is 14.3. The Morgan fingerprint density at radius 1 is 1.42 bits per heavy atom. The van der Waals surface area contributed by atoms with E-state index in [1.807, 2.05) is 6.92 Å². The SMILES string of the molecule is CC1OCCC1CNS(=O)(=O)c1ccccc1NN. The topological polar surface area (TPSA) is 93.4 Å². The molecule has 0 aliphatic carbocycles. The first-order valence-corrected chi connectivity index (χ1v) is 7.70. The van der Waals surface area contributed by atoms with Gasteiger partial charge < -0.3 is 10.2 Å². The Morgan fingerprint density at radius 3 is 2.79 bits per heavy atom. The van der Waals surface area contributed by atoms with Crippen LogP contribution in [0, 0.1) is 5.92 Å². The quantitative estimate of drug-likeness (QED) is 0.546. The largest absolute Gasteiger partial charge is 0.378 e. The fraction of sp³-hybridized carbons (Fsp3) is 0.500. The molecule has 1 aromatic rings. The molecule has 0 aromatic heterocycles. The van der Waals surface area contributed by atoms with Gasteiger partial charge in [-0.05, 0) is 25.5 Å². The number of rotatable bonds is 5. The minimum atomic E-state index is -3.56. The second kappa shape index (κ2) is 5.87. The lowest BCUT2D eigenvalue weighted by Crippen LogP contribution is -2.32. The molecule has 1 aliphatic rings. The Hall–Kier alpha value is -1.15. The van der Waals surface area contributed by atoms with E-state index in [2.05, 4.69) is 10.1 Å². The molecule has 19 heavy (non-hydrogen) atoms. The van der Waals surface area contributed by atoms with Crippen LogP contribution >= 0.6 is 0 Å². The van der Waals surface area contributed by atoms with Gasteiger partial charge in [-0.1, -0.05) is 12.1 Å². The highest BCUT2D eigenvalue weighted by Crippen LogP contribution is 2.22.